The maximum atomic E-state index is 12.7. The highest BCUT2D eigenvalue weighted by Crippen LogP contribution is 2.27. The number of methoxy groups -OCH3 is 2. The monoisotopic (exact) mass is 462 g/mol. The lowest BCUT2D eigenvalue weighted by Crippen LogP contribution is -2.35. The molecule has 0 atom stereocenters. The van der Waals surface area contributed by atoms with Crippen LogP contribution in [0.2, 0.25) is 0 Å². The van der Waals surface area contributed by atoms with E-state index in [1.54, 1.807) is 26.4 Å². The largest absolute Gasteiger partial charge is 0.493 e. The molecule has 1 aliphatic heterocycles. The molecule has 174 valence electrons. The van der Waals surface area contributed by atoms with E-state index in [2.05, 4.69) is 5.32 Å². The Morgan fingerprint density at radius 1 is 0.969 bits per heavy atom. The summed E-state index contributed by atoms with van der Waals surface area (Å²) < 4.78 is 42.9. The minimum Gasteiger partial charge on any atom is -0.493 e. The summed E-state index contributed by atoms with van der Waals surface area (Å²) in [6.07, 6.45) is 3.48. The lowest BCUT2D eigenvalue weighted by atomic mass is 10.1. The van der Waals surface area contributed by atoms with Crippen molar-refractivity contribution >= 4 is 15.9 Å². The van der Waals surface area contributed by atoms with E-state index in [-0.39, 0.29) is 17.4 Å². The minimum atomic E-state index is -3.48. The van der Waals surface area contributed by atoms with Gasteiger partial charge in [-0.1, -0.05) is 12.5 Å². The number of sulfonamides is 1. The van der Waals surface area contributed by atoms with Gasteiger partial charge in [-0.05, 0) is 61.2 Å². The van der Waals surface area contributed by atoms with Crippen molar-refractivity contribution in [2.75, 3.05) is 40.5 Å². The molecule has 1 N–H and O–H groups in total. The molecule has 3 rings (SSSR count). The zero-order valence-corrected chi connectivity index (χ0v) is 19.3. The molecular weight excluding hydrogens is 432 g/mol. The fraction of sp³-hybridized carbons (Fsp3) is 0.435. The Hall–Kier alpha value is -2.78. The minimum absolute atomic E-state index is 0.149. The molecule has 1 heterocycles. The van der Waals surface area contributed by atoms with Gasteiger partial charge in [-0.25, -0.2) is 8.42 Å². The van der Waals surface area contributed by atoms with E-state index in [0.29, 0.717) is 43.3 Å². The number of carbonyl (C=O) groups is 1. The molecule has 0 bridgehead atoms. The van der Waals surface area contributed by atoms with Gasteiger partial charge in [0, 0.05) is 19.6 Å². The summed E-state index contributed by atoms with van der Waals surface area (Å²) in [6, 6.07) is 11.8. The fourth-order valence-corrected chi connectivity index (χ4v) is 5.06. The average molecular weight is 463 g/mol. The second kappa shape index (κ2) is 11.2. The predicted octanol–water partition coefficient (Wildman–Crippen LogP) is 2.62. The summed E-state index contributed by atoms with van der Waals surface area (Å²) in [5.74, 6) is 1.49. The van der Waals surface area contributed by atoms with Gasteiger partial charge in [0.1, 0.15) is 5.75 Å². The third-order valence-corrected chi connectivity index (χ3v) is 7.24. The molecule has 0 spiro atoms. The third kappa shape index (κ3) is 6.14. The molecule has 0 aromatic heterocycles. The molecule has 0 aliphatic carbocycles. The van der Waals surface area contributed by atoms with Crippen molar-refractivity contribution in [3.05, 3.63) is 48.0 Å². The van der Waals surface area contributed by atoms with Crippen LogP contribution in [-0.2, 0) is 21.2 Å². The Morgan fingerprint density at radius 2 is 1.66 bits per heavy atom. The first-order chi connectivity index (χ1) is 15.4. The number of nitrogens with one attached hydrogen (secondary N) is 1. The number of carbonyl (C=O) groups excluding carboxylic acids is 1. The molecule has 2 aromatic carbocycles. The quantitative estimate of drug-likeness (QED) is 0.583. The van der Waals surface area contributed by atoms with E-state index in [9.17, 15) is 13.2 Å². The number of piperidine rings is 1. The number of ether oxygens (including phenoxy) is 3. The molecule has 1 fully saturated rings. The Labute approximate surface area is 189 Å². The Bertz CT molecular complexity index is 1000. The number of nitrogens with zero attached hydrogens (tertiary/aromatic N) is 1. The van der Waals surface area contributed by atoms with Gasteiger partial charge in [0.15, 0.2) is 18.1 Å². The predicted molar refractivity (Wildman–Crippen MR) is 121 cm³/mol. The highest BCUT2D eigenvalue weighted by Gasteiger charge is 2.25. The fourth-order valence-electron chi connectivity index (χ4n) is 3.54. The Balaban J connectivity index is 1.45. The van der Waals surface area contributed by atoms with Gasteiger partial charge in [0.25, 0.3) is 5.91 Å². The van der Waals surface area contributed by atoms with Crippen LogP contribution < -0.4 is 19.5 Å². The summed E-state index contributed by atoms with van der Waals surface area (Å²) in [5, 5.41) is 2.81. The van der Waals surface area contributed by atoms with Crippen molar-refractivity contribution < 1.29 is 27.4 Å². The van der Waals surface area contributed by atoms with E-state index in [4.69, 9.17) is 14.2 Å². The second-order valence-corrected chi connectivity index (χ2v) is 9.45. The zero-order chi connectivity index (χ0) is 23.0. The second-order valence-electron chi connectivity index (χ2n) is 7.51. The van der Waals surface area contributed by atoms with E-state index < -0.39 is 10.0 Å². The lowest BCUT2D eigenvalue weighted by molar-refractivity contribution is -0.123. The van der Waals surface area contributed by atoms with E-state index in [1.165, 1.54) is 16.4 Å². The number of benzene rings is 2. The number of hydrogen-bond acceptors (Lipinski definition) is 6. The molecule has 0 saturated carbocycles. The first kappa shape index (κ1) is 23.9. The molecule has 1 saturated heterocycles. The smallest absolute Gasteiger partial charge is 0.257 e. The molecule has 8 nitrogen and oxygen atoms in total. The lowest BCUT2D eigenvalue weighted by Gasteiger charge is -2.25. The highest BCUT2D eigenvalue weighted by atomic mass is 32.2. The van der Waals surface area contributed by atoms with Crippen molar-refractivity contribution in [2.24, 2.45) is 0 Å². The normalized spacial score (nSPS) is 14.6. The zero-order valence-electron chi connectivity index (χ0n) is 18.5. The van der Waals surface area contributed by atoms with Gasteiger partial charge >= 0.3 is 0 Å². The van der Waals surface area contributed by atoms with Gasteiger partial charge < -0.3 is 19.5 Å². The summed E-state index contributed by atoms with van der Waals surface area (Å²) in [4.78, 5) is 12.3. The van der Waals surface area contributed by atoms with Crippen LogP contribution in [0, 0.1) is 0 Å². The first-order valence-corrected chi connectivity index (χ1v) is 12.1. The maximum absolute atomic E-state index is 12.7. The van der Waals surface area contributed by atoms with Crippen LogP contribution in [0.25, 0.3) is 0 Å². The number of rotatable bonds is 10. The van der Waals surface area contributed by atoms with E-state index in [0.717, 1.165) is 24.8 Å². The van der Waals surface area contributed by atoms with Crippen molar-refractivity contribution in [2.45, 2.75) is 30.6 Å². The summed E-state index contributed by atoms with van der Waals surface area (Å²) in [5.41, 5.74) is 1.01. The van der Waals surface area contributed by atoms with E-state index in [1.807, 2.05) is 18.2 Å². The van der Waals surface area contributed by atoms with Crippen LogP contribution in [0.3, 0.4) is 0 Å². The molecule has 9 heteroatoms. The van der Waals surface area contributed by atoms with Crippen LogP contribution >= 0.6 is 0 Å². The summed E-state index contributed by atoms with van der Waals surface area (Å²) >= 11 is 0. The molecule has 1 aliphatic rings. The molecule has 32 heavy (non-hydrogen) atoms. The molecule has 0 radical (unpaired) electrons. The summed E-state index contributed by atoms with van der Waals surface area (Å²) in [7, 11) is -0.314. The van der Waals surface area contributed by atoms with Crippen molar-refractivity contribution in [1.29, 1.82) is 0 Å². The average Bonchev–Trinajstić information content (AvgIpc) is 2.83. The van der Waals surface area contributed by atoms with Crippen LogP contribution in [-0.4, -0.2) is 59.1 Å². The van der Waals surface area contributed by atoms with Crippen molar-refractivity contribution in [3.63, 3.8) is 0 Å². The van der Waals surface area contributed by atoms with Crippen molar-refractivity contribution in [1.82, 2.24) is 9.62 Å². The summed E-state index contributed by atoms with van der Waals surface area (Å²) in [6.45, 7) is 1.42. The molecule has 0 unspecified atom stereocenters. The molecule has 1 amide bonds. The maximum Gasteiger partial charge on any atom is 0.257 e. The third-order valence-electron chi connectivity index (χ3n) is 5.33. The van der Waals surface area contributed by atoms with Gasteiger partial charge in [-0.3, -0.25) is 4.79 Å². The highest BCUT2D eigenvalue weighted by molar-refractivity contribution is 7.89. The number of amides is 1. The Kier molecular flexibility index (Phi) is 8.35. The topological polar surface area (TPSA) is 94.2 Å². The van der Waals surface area contributed by atoms with E-state index >= 15 is 0 Å². The van der Waals surface area contributed by atoms with Gasteiger partial charge in [0.05, 0.1) is 19.1 Å². The molecular formula is C23H30N2O6S. The SMILES string of the molecule is COc1ccc(CCNC(=O)COc2ccc(S(=O)(=O)N3CCCCC3)cc2)cc1OC. The first-order valence-electron chi connectivity index (χ1n) is 10.6. The van der Waals surface area contributed by atoms with Crippen LogP contribution in [0.5, 0.6) is 17.2 Å². The van der Waals surface area contributed by atoms with Crippen LogP contribution in [0.15, 0.2) is 47.4 Å². The number of hydrogen-bond donors (Lipinski definition) is 1. The van der Waals surface area contributed by atoms with Gasteiger partial charge in [-0.2, -0.15) is 4.31 Å². The standard InChI is InChI=1S/C23H30N2O6S/c1-29-21-11-6-18(16-22(21)30-2)12-13-24-23(26)17-31-19-7-9-20(10-8-19)32(27,28)25-14-4-3-5-15-25/h6-11,16H,3-5,12-15,17H2,1-2H3,(H,24,26). The van der Waals surface area contributed by atoms with Crippen LogP contribution in [0.1, 0.15) is 24.8 Å². The van der Waals surface area contributed by atoms with Gasteiger partial charge in [0.2, 0.25) is 10.0 Å². The van der Waals surface area contributed by atoms with Gasteiger partial charge in [-0.15, -0.1) is 0 Å². The molecule has 2 aromatic rings. The van der Waals surface area contributed by atoms with Crippen LogP contribution in [0.4, 0.5) is 0 Å². The van der Waals surface area contributed by atoms with Crippen molar-refractivity contribution in [3.8, 4) is 17.2 Å². The Morgan fingerprint density at radius 3 is 2.31 bits per heavy atom.